The van der Waals surface area contributed by atoms with Gasteiger partial charge < -0.3 is 10.6 Å². The number of rotatable bonds is 6. The highest BCUT2D eigenvalue weighted by atomic mass is 35.5. The molecule has 1 amide bonds. The molecule has 1 rings (SSSR count). The van der Waals surface area contributed by atoms with E-state index in [9.17, 15) is 4.79 Å². The maximum absolute atomic E-state index is 11.5. The van der Waals surface area contributed by atoms with Crippen molar-refractivity contribution in [1.82, 2.24) is 10.3 Å². The maximum Gasteiger partial charge on any atom is 0.226 e. The second-order valence-electron chi connectivity index (χ2n) is 3.63. The van der Waals surface area contributed by atoms with Crippen LogP contribution in [-0.4, -0.2) is 24.5 Å². The van der Waals surface area contributed by atoms with Crippen molar-refractivity contribution in [2.45, 2.75) is 33.1 Å². The van der Waals surface area contributed by atoms with Gasteiger partial charge in [-0.25, -0.2) is 4.98 Å². The number of halogens is 1. The lowest BCUT2D eigenvalue weighted by Crippen LogP contribution is -2.15. The zero-order chi connectivity index (χ0) is 12.0. The third-order valence-electron chi connectivity index (χ3n) is 2.30. The van der Waals surface area contributed by atoms with Crippen LogP contribution >= 0.6 is 23.7 Å². The minimum absolute atomic E-state index is 0. The van der Waals surface area contributed by atoms with Crippen LogP contribution in [0.5, 0.6) is 0 Å². The molecule has 0 aromatic carbocycles. The molecule has 0 spiro atoms. The average Bonchev–Trinajstić information content (AvgIpc) is 2.59. The molecule has 0 aliphatic rings. The highest BCUT2D eigenvalue weighted by molar-refractivity contribution is 7.15. The number of anilines is 1. The lowest BCUT2D eigenvalue weighted by molar-refractivity contribution is -0.116. The van der Waals surface area contributed by atoms with Gasteiger partial charge in [-0.05, 0) is 33.4 Å². The summed E-state index contributed by atoms with van der Waals surface area (Å²) in [5, 5.41) is 6.58. The van der Waals surface area contributed by atoms with E-state index in [1.165, 1.54) is 4.88 Å². The summed E-state index contributed by atoms with van der Waals surface area (Å²) in [5.41, 5.74) is 1.08. The van der Waals surface area contributed by atoms with E-state index in [2.05, 4.69) is 22.5 Å². The van der Waals surface area contributed by atoms with E-state index < -0.39 is 0 Å². The molecular formula is C11H20ClN3OS. The van der Waals surface area contributed by atoms with Gasteiger partial charge in [-0.2, -0.15) is 0 Å². The molecule has 4 nitrogen and oxygen atoms in total. The fourth-order valence-electron chi connectivity index (χ4n) is 1.42. The fraction of sp³-hybridized carbons (Fsp3) is 0.636. The lowest BCUT2D eigenvalue weighted by Gasteiger charge is -2.00. The highest BCUT2D eigenvalue weighted by Crippen LogP contribution is 2.22. The Balaban J connectivity index is 0.00000256. The summed E-state index contributed by atoms with van der Waals surface area (Å²) < 4.78 is 0. The van der Waals surface area contributed by atoms with Gasteiger partial charge in [0.2, 0.25) is 5.91 Å². The van der Waals surface area contributed by atoms with Gasteiger partial charge in [0.1, 0.15) is 0 Å². The first kappa shape index (κ1) is 16.4. The Morgan fingerprint density at radius 3 is 2.71 bits per heavy atom. The van der Waals surface area contributed by atoms with E-state index in [1.54, 1.807) is 11.3 Å². The van der Waals surface area contributed by atoms with Gasteiger partial charge in [0.15, 0.2) is 5.13 Å². The number of aryl methyl sites for hydroxylation is 2. The summed E-state index contributed by atoms with van der Waals surface area (Å²) in [4.78, 5) is 17.1. The first-order valence-corrected chi connectivity index (χ1v) is 6.39. The zero-order valence-corrected chi connectivity index (χ0v) is 12.1. The summed E-state index contributed by atoms with van der Waals surface area (Å²) in [6.45, 7) is 4.97. The molecule has 0 fully saturated rings. The summed E-state index contributed by atoms with van der Waals surface area (Å²) >= 11 is 1.55. The van der Waals surface area contributed by atoms with Crippen LogP contribution in [0.2, 0.25) is 0 Å². The van der Waals surface area contributed by atoms with Crippen molar-refractivity contribution >= 4 is 34.8 Å². The smallest absolute Gasteiger partial charge is 0.226 e. The molecule has 2 N–H and O–H groups in total. The number of carbonyl (C=O) groups is 1. The minimum Gasteiger partial charge on any atom is -0.320 e. The van der Waals surface area contributed by atoms with Gasteiger partial charge >= 0.3 is 0 Å². The fourth-order valence-corrected chi connectivity index (χ4v) is 2.34. The molecule has 0 atom stereocenters. The molecule has 0 saturated heterocycles. The van der Waals surface area contributed by atoms with Crippen LogP contribution in [0.3, 0.4) is 0 Å². The number of hydrogen-bond donors (Lipinski definition) is 2. The Bertz CT molecular complexity index is 354. The van der Waals surface area contributed by atoms with Gasteiger partial charge in [0, 0.05) is 11.3 Å². The molecule has 17 heavy (non-hydrogen) atoms. The minimum atomic E-state index is 0. The Labute approximate surface area is 113 Å². The summed E-state index contributed by atoms with van der Waals surface area (Å²) in [6, 6.07) is 0. The Morgan fingerprint density at radius 2 is 2.18 bits per heavy atom. The molecule has 6 heteroatoms. The van der Waals surface area contributed by atoms with E-state index >= 15 is 0 Å². The Morgan fingerprint density at radius 1 is 1.47 bits per heavy atom. The van der Waals surface area contributed by atoms with E-state index in [-0.39, 0.29) is 18.3 Å². The lowest BCUT2D eigenvalue weighted by atomic mass is 10.3. The van der Waals surface area contributed by atoms with Gasteiger partial charge in [-0.3, -0.25) is 4.79 Å². The topological polar surface area (TPSA) is 54.0 Å². The predicted molar refractivity (Wildman–Crippen MR) is 75.3 cm³/mol. The molecule has 0 unspecified atom stereocenters. The van der Waals surface area contributed by atoms with Crippen LogP contribution in [0, 0.1) is 6.92 Å². The molecule has 1 aromatic heterocycles. The Kier molecular flexibility index (Phi) is 8.12. The SMILES string of the molecule is CCc1nc(NC(=O)CCCNC)sc1C.Cl. The highest BCUT2D eigenvalue weighted by Gasteiger charge is 2.08. The van der Waals surface area contributed by atoms with E-state index in [0.717, 1.165) is 30.2 Å². The molecule has 1 heterocycles. The molecule has 0 radical (unpaired) electrons. The summed E-state index contributed by atoms with van der Waals surface area (Å²) in [6.07, 6.45) is 2.31. The van der Waals surface area contributed by atoms with Crippen molar-refractivity contribution < 1.29 is 4.79 Å². The first-order valence-electron chi connectivity index (χ1n) is 5.58. The van der Waals surface area contributed by atoms with Crippen molar-refractivity contribution in [2.24, 2.45) is 0 Å². The van der Waals surface area contributed by atoms with E-state index in [1.807, 2.05) is 14.0 Å². The molecular weight excluding hydrogens is 258 g/mol. The van der Waals surface area contributed by atoms with Crippen molar-refractivity contribution in [2.75, 3.05) is 18.9 Å². The third kappa shape index (κ3) is 5.48. The van der Waals surface area contributed by atoms with Gasteiger partial charge in [0.05, 0.1) is 5.69 Å². The van der Waals surface area contributed by atoms with Gasteiger partial charge in [0.25, 0.3) is 0 Å². The number of amides is 1. The predicted octanol–water partition coefficient (Wildman–Crippen LogP) is 2.37. The third-order valence-corrected chi connectivity index (χ3v) is 3.23. The van der Waals surface area contributed by atoms with Crippen LogP contribution in [0.4, 0.5) is 5.13 Å². The summed E-state index contributed by atoms with van der Waals surface area (Å²) in [5.74, 6) is 0.0478. The van der Waals surface area contributed by atoms with Gasteiger partial charge in [-0.1, -0.05) is 6.92 Å². The maximum atomic E-state index is 11.5. The number of nitrogens with zero attached hydrogens (tertiary/aromatic N) is 1. The summed E-state index contributed by atoms with van der Waals surface area (Å²) in [7, 11) is 1.88. The van der Waals surface area contributed by atoms with Crippen LogP contribution in [0.15, 0.2) is 0 Å². The quantitative estimate of drug-likeness (QED) is 0.785. The molecule has 1 aromatic rings. The monoisotopic (exact) mass is 277 g/mol. The molecule has 0 aliphatic carbocycles. The first-order chi connectivity index (χ1) is 7.67. The number of thiazole rings is 1. The van der Waals surface area contributed by atoms with Crippen LogP contribution in [0.1, 0.15) is 30.3 Å². The number of hydrogen-bond acceptors (Lipinski definition) is 4. The van der Waals surface area contributed by atoms with Crippen molar-refractivity contribution in [1.29, 1.82) is 0 Å². The average molecular weight is 278 g/mol. The van der Waals surface area contributed by atoms with Crippen molar-refractivity contribution in [3.8, 4) is 0 Å². The normalized spacial score (nSPS) is 9.82. The number of nitrogens with one attached hydrogen (secondary N) is 2. The van der Waals surface area contributed by atoms with Crippen LogP contribution in [-0.2, 0) is 11.2 Å². The van der Waals surface area contributed by atoms with Crippen LogP contribution in [0.25, 0.3) is 0 Å². The zero-order valence-electron chi connectivity index (χ0n) is 10.5. The van der Waals surface area contributed by atoms with E-state index in [0.29, 0.717) is 6.42 Å². The van der Waals surface area contributed by atoms with E-state index in [4.69, 9.17) is 0 Å². The molecule has 98 valence electrons. The second kappa shape index (κ2) is 8.44. The molecule has 0 aliphatic heterocycles. The van der Waals surface area contributed by atoms with Crippen molar-refractivity contribution in [3.63, 3.8) is 0 Å². The van der Waals surface area contributed by atoms with Crippen molar-refractivity contribution in [3.05, 3.63) is 10.6 Å². The van der Waals surface area contributed by atoms with Gasteiger partial charge in [-0.15, -0.1) is 23.7 Å². The standard InChI is InChI=1S/C11H19N3OS.ClH/c1-4-9-8(2)16-11(13-9)14-10(15)6-5-7-12-3;/h12H,4-7H2,1-3H3,(H,13,14,15);1H. The number of carbonyl (C=O) groups excluding carboxylic acids is 1. The van der Waals surface area contributed by atoms with Crippen LogP contribution < -0.4 is 10.6 Å². The number of aromatic nitrogens is 1. The Hall–Kier alpha value is -0.650. The molecule has 0 bridgehead atoms. The molecule has 0 saturated carbocycles. The largest absolute Gasteiger partial charge is 0.320 e. The second-order valence-corrected chi connectivity index (χ2v) is 4.83.